The molecular weight excluding hydrogens is 148 g/mol. The van der Waals surface area contributed by atoms with Crippen LogP contribution < -0.4 is 0 Å². The summed E-state index contributed by atoms with van der Waals surface area (Å²) in [6, 6.07) is 0. The molecule has 0 radical (unpaired) electrons. The summed E-state index contributed by atoms with van der Waals surface area (Å²) >= 11 is 0.896. The molecule has 2 nitrogen and oxygen atoms in total. The van der Waals surface area contributed by atoms with E-state index in [9.17, 15) is 4.79 Å². The van der Waals surface area contributed by atoms with Crippen LogP contribution >= 0.6 is 11.4 Å². The lowest BCUT2D eigenvalue weighted by Gasteiger charge is -2.04. The van der Waals surface area contributed by atoms with Gasteiger partial charge in [-0.25, -0.2) is 0 Å². The lowest BCUT2D eigenvalue weighted by molar-refractivity contribution is -0.107. The maximum Gasteiger partial charge on any atom is 0.121 e. The Balaban J connectivity index is 3.82. The Hall–Kier alpha value is -0.150. The Kier molecular flexibility index (Phi) is 5.54. The summed E-state index contributed by atoms with van der Waals surface area (Å²) < 4.78 is 0. The molecule has 0 fully saturated rings. The van der Waals surface area contributed by atoms with Crippen molar-refractivity contribution in [3.05, 3.63) is 0 Å². The molecule has 3 heteroatoms. The molecule has 0 aliphatic carbocycles. The summed E-state index contributed by atoms with van der Waals surface area (Å²) in [4.78, 5) is 10.1. The van der Waals surface area contributed by atoms with Gasteiger partial charge in [0.05, 0.1) is 5.05 Å². The van der Waals surface area contributed by atoms with E-state index < -0.39 is 0 Å². The Labute approximate surface area is 65.2 Å². The molecular formula is C7H14O2S. The molecule has 0 spiro atoms. The summed E-state index contributed by atoms with van der Waals surface area (Å²) in [5, 5.41) is 9.57. The quantitative estimate of drug-likeness (QED) is 0.373. The van der Waals surface area contributed by atoms with E-state index in [2.05, 4.69) is 0 Å². The van der Waals surface area contributed by atoms with Crippen LogP contribution in [0.2, 0.25) is 0 Å². The number of carbonyl (C=O) groups is 1. The second-order valence-electron chi connectivity index (χ2n) is 2.14. The smallest absolute Gasteiger partial charge is 0.121 e. The van der Waals surface area contributed by atoms with Crippen molar-refractivity contribution < 1.29 is 9.90 Å². The molecule has 0 rings (SSSR count). The van der Waals surface area contributed by atoms with Crippen molar-refractivity contribution >= 4 is 22.7 Å². The van der Waals surface area contributed by atoms with Gasteiger partial charge in [0.1, 0.15) is 6.29 Å². The fraction of sp³-hybridized carbons (Fsp3) is 0.714. The second-order valence-corrected chi connectivity index (χ2v) is 3.78. The first-order valence-corrected chi connectivity index (χ1v) is 4.34. The zero-order valence-corrected chi connectivity index (χ0v) is 7.27. The topological polar surface area (TPSA) is 37.3 Å². The van der Waals surface area contributed by atoms with Crippen LogP contribution in [-0.4, -0.2) is 21.7 Å². The third kappa shape index (κ3) is 4.70. The SMILES string of the molecule is CCC(CC=O)[SH]=C(C)O. The van der Waals surface area contributed by atoms with E-state index in [1.54, 1.807) is 6.92 Å². The summed E-state index contributed by atoms with van der Waals surface area (Å²) in [5.41, 5.74) is 0. The van der Waals surface area contributed by atoms with Gasteiger partial charge < -0.3 is 9.90 Å². The van der Waals surface area contributed by atoms with Crippen molar-refractivity contribution in [2.45, 2.75) is 31.9 Å². The summed E-state index contributed by atoms with van der Waals surface area (Å²) in [6.45, 7) is 3.68. The van der Waals surface area contributed by atoms with Gasteiger partial charge in [0.15, 0.2) is 0 Å². The van der Waals surface area contributed by atoms with Crippen molar-refractivity contribution in [3.8, 4) is 0 Å². The number of hydrogen-bond acceptors (Lipinski definition) is 1. The van der Waals surface area contributed by atoms with Crippen LogP contribution in [0.15, 0.2) is 0 Å². The molecule has 0 aliphatic heterocycles. The largest absolute Gasteiger partial charge is 0.360 e. The fourth-order valence-electron chi connectivity index (χ4n) is 0.686. The van der Waals surface area contributed by atoms with Gasteiger partial charge >= 0.3 is 0 Å². The van der Waals surface area contributed by atoms with Crippen LogP contribution in [0.5, 0.6) is 0 Å². The maximum atomic E-state index is 10.1. The van der Waals surface area contributed by atoms with Crippen molar-refractivity contribution in [2.24, 2.45) is 0 Å². The number of aldehydes is 1. The van der Waals surface area contributed by atoms with Crippen LogP contribution in [0, 0.1) is 0 Å². The van der Waals surface area contributed by atoms with E-state index in [1.807, 2.05) is 6.92 Å². The molecule has 60 valence electrons. The molecule has 0 saturated carbocycles. The zero-order chi connectivity index (χ0) is 7.98. The molecule has 1 N–H and O–H groups in total. The predicted octanol–water partition coefficient (Wildman–Crippen LogP) is 1.53. The van der Waals surface area contributed by atoms with Gasteiger partial charge in [0, 0.05) is 11.7 Å². The van der Waals surface area contributed by atoms with Gasteiger partial charge in [0.25, 0.3) is 0 Å². The molecule has 0 aromatic heterocycles. The minimum atomic E-state index is 0.308. The average molecular weight is 162 g/mol. The first-order chi connectivity index (χ1) is 4.70. The minimum absolute atomic E-state index is 0.308. The highest BCUT2D eigenvalue weighted by atomic mass is 32.1. The van der Waals surface area contributed by atoms with E-state index in [0.717, 1.165) is 24.1 Å². The lowest BCUT2D eigenvalue weighted by atomic mass is 10.3. The maximum absolute atomic E-state index is 10.1. The first-order valence-electron chi connectivity index (χ1n) is 3.37. The summed E-state index contributed by atoms with van der Waals surface area (Å²) in [7, 11) is 0. The van der Waals surface area contributed by atoms with E-state index in [1.165, 1.54) is 0 Å². The third-order valence-corrected chi connectivity index (χ3v) is 2.52. The van der Waals surface area contributed by atoms with Crippen LogP contribution in [0.25, 0.3) is 0 Å². The molecule has 0 heterocycles. The Bertz CT molecular complexity index is 128. The van der Waals surface area contributed by atoms with Crippen molar-refractivity contribution in [2.75, 3.05) is 0 Å². The number of carbonyl (C=O) groups excluding carboxylic acids is 1. The molecule has 1 atom stereocenters. The van der Waals surface area contributed by atoms with E-state index in [4.69, 9.17) is 5.11 Å². The standard InChI is InChI=1S/C7H14O2S/c1-3-7(4-5-8)10-6(2)9/h5,7,9-10H,3-4H2,1-2H3. The molecule has 0 amide bonds. The molecule has 0 aromatic rings. The Morgan fingerprint density at radius 2 is 2.40 bits per heavy atom. The molecule has 10 heavy (non-hydrogen) atoms. The lowest BCUT2D eigenvalue weighted by Crippen LogP contribution is -2.00. The number of aliphatic hydroxyl groups is 1. The normalized spacial score (nSPS) is 15.7. The molecule has 0 bridgehead atoms. The van der Waals surface area contributed by atoms with Gasteiger partial charge in [0.2, 0.25) is 0 Å². The van der Waals surface area contributed by atoms with Gasteiger partial charge in [-0.15, -0.1) is 0 Å². The Morgan fingerprint density at radius 3 is 2.70 bits per heavy atom. The molecule has 0 aromatic carbocycles. The van der Waals surface area contributed by atoms with E-state index >= 15 is 0 Å². The molecule has 0 aliphatic rings. The third-order valence-electron chi connectivity index (χ3n) is 1.21. The van der Waals surface area contributed by atoms with Gasteiger partial charge in [-0.3, -0.25) is 0 Å². The van der Waals surface area contributed by atoms with Gasteiger partial charge in [-0.2, -0.15) is 11.4 Å². The second kappa shape index (κ2) is 5.62. The summed E-state index contributed by atoms with van der Waals surface area (Å²) in [5.74, 6) is 0. The number of hydrogen-bond donors (Lipinski definition) is 2. The van der Waals surface area contributed by atoms with Crippen LogP contribution in [0.3, 0.4) is 0 Å². The van der Waals surface area contributed by atoms with Crippen LogP contribution in [0.4, 0.5) is 0 Å². The highest BCUT2D eigenvalue weighted by Crippen LogP contribution is 2.09. The van der Waals surface area contributed by atoms with Crippen LogP contribution in [-0.2, 0) is 4.79 Å². The van der Waals surface area contributed by atoms with Crippen molar-refractivity contribution in [1.82, 2.24) is 0 Å². The zero-order valence-electron chi connectivity index (χ0n) is 6.37. The number of thiol groups is 1. The number of rotatable bonds is 4. The van der Waals surface area contributed by atoms with E-state index in [0.29, 0.717) is 16.7 Å². The van der Waals surface area contributed by atoms with Crippen LogP contribution in [0.1, 0.15) is 26.7 Å². The summed E-state index contributed by atoms with van der Waals surface area (Å²) in [6.07, 6.45) is 2.40. The molecule has 1 unspecified atom stereocenters. The van der Waals surface area contributed by atoms with Crippen molar-refractivity contribution in [1.29, 1.82) is 0 Å². The molecule has 0 saturated heterocycles. The highest BCUT2D eigenvalue weighted by molar-refractivity contribution is 7.99. The van der Waals surface area contributed by atoms with Gasteiger partial charge in [-0.1, -0.05) is 6.92 Å². The predicted molar refractivity (Wildman–Crippen MR) is 47.1 cm³/mol. The average Bonchev–Trinajstić information content (AvgIpc) is 1.86. The highest BCUT2D eigenvalue weighted by Gasteiger charge is 1.99. The number of aliphatic hydroxyl groups excluding tert-OH is 1. The minimum Gasteiger partial charge on any atom is -0.360 e. The van der Waals surface area contributed by atoms with Crippen molar-refractivity contribution in [3.63, 3.8) is 0 Å². The van der Waals surface area contributed by atoms with Gasteiger partial charge in [-0.05, 0) is 13.3 Å². The van der Waals surface area contributed by atoms with E-state index in [-0.39, 0.29) is 0 Å². The Morgan fingerprint density at radius 1 is 1.80 bits per heavy atom. The fourth-order valence-corrected chi connectivity index (χ4v) is 1.59. The first kappa shape index (κ1) is 9.85. The monoisotopic (exact) mass is 162 g/mol.